The first-order valence-corrected chi connectivity index (χ1v) is 6.91. The molecule has 0 spiro atoms. The molecule has 5 nitrogen and oxygen atoms in total. The van der Waals surface area contributed by atoms with E-state index in [9.17, 15) is 9.90 Å². The number of carbonyl (C=O) groups is 1. The molecule has 2 rings (SSSR count). The molecule has 5 heteroatoms. The Bertz CT molecular complexity index is 640. The lowest BCUT2D eigenvalue weighted by Crippen LogP contribution is -2.31. The van der Waals surface area contributed by atoms with E-state index < -0.39 is 5.97 Å². The zero-order chi connectivity index (χ0) is 15.4. The first-order valence-electron chi connectivity index (χ1n) is 6.91. The first kappa shape index (κ1) is 15.3. The number of nitrogens with one attached hydrogen (secondary N) is 1. The van der Waals surface area contributed by atoms with Crippen molar-refractivity contribution in [3.8, 4) is 0 Å². The number of hydrogen-bond acceptors (Lipinski definition) is 4. The van der Waals surface area contributed by atoms with E-state index in [2.05, 4.69) is 24.1 Å². The van der Waals surface area contributed by atoms with E-state index in [0.29, 0.717) is 23.7 Å². The summed E-state index contributed by atoms with van der Waals surface area (Å²) < 4.78 is 5.23. The second-order valence-corrected chi connectivity index (χ2v) is 5.32. The van der Waals surface area contributed by atoms with Gasteiger partial charge in [-0.05, 0) is 5.92 Å². The molecule has 1 unspecified atom stereocenters. The third-order valence-electron chi connectivity index (χ3n) is 3.50. The van der Waals surface area contributed by atoms with E-state index in [1.807, 2.05) is 18.2 Å². The number of anilines is 1. The average Bonchev–Trinajstić information content (AvgIpc) is 2.46. The van der Waals surface area contributed by atoms with Crippen molar-refractivity contribution in [1.82, 2.24) is 4.98 Å². The summed E-state index contributed by atoms with van der Waals surface area (Å²) in [5.41, 5.74) is 0.212. The van der Waals surface area contributed by atoms with Crippen molar-refractivity contribution in [3.05, 3.63) is 36.0 Å². The van der Waals surface area contributed by atoms with Crippen molar-refractivity contribution >= 4 is 22.6 Å². The number of methoxy groups -OCH3 is 1. The Morgan fingerprint density at radius 3 is 2.57 bits per heavy atom. The van der Waals surface area contributed by atoms with Crippen LogP contribution in [0.2, 0.25) is 0 Å². The zero-order valence-electron chi connectivity index (χ0n) is 12.5. The standard InChI is InChI=1S/C16H20N2O3/c1-10(2)14(9-21-3)18-15-12-7-5-4-6-11(12)13(8-17-15)16(19)20/h4-8,10,14H,9H2,1-3H3,(H,17,18)(H,19,20). The Morgan fingerprint density at radius 1 is 1.33 bits per heavy atom. The highest BCUT2D eigenvalue weighted by Gasteiger charge is 2.17. The molecule has 0 aliphatic rings. The van der Waals surface area contributed by atoms with Crippen LogP contribution in [-0.4, -0.2) is 35.8 Å². The molecule has 0 saturated heterocycles. The molecule has 0 aliphatic heterocycles. The fourth-order valence-corrected chi connectivity index (χ4v) is 2.23. The van der Waals surface area contributed by atoms with Gasteiger partial charge in [0.05, 0.1) is 18.2 Å². The molecule has 21 heavy (non-hydrogen) atoms. The third kappa shape index (κ3) is 3.31. The van der Waals surface area contributed by atoms with Gasteiger partial charge >= 0.3 is 5.97 Å². The molecule has 1 aromatic heterocycles. The monoisotopic (exact) mass is 288 g/mol. The molecule has 2 aromatic rings. The molecule has 0 saturated carbocycles. The van der Waals surface area contributed by atoms with Crippen LogP contribution in [0.3, 0.4) is 0 Å². The van der Waals surface area contributed by atoms with Crippen LogP contribution in [0.15, 0.2) is 30.5 Å². The largest absolute Gasteiger partial charge is 0.478 e. The van der Waals surface area contributed by atoms with Crippen LogP contribution in [0, 0.1) is 5.92 Å². The Morgan fingerprint density at radius 2 is 2.00 bits per heavy atom. The van der Waals surface area contributed by atoms with Gasteiger partial charge in [-0.3, -0.25) is 0 Å². The van der Waals surface area contributed by atoms with Crippen molar-refractivity contribution in [2.45, 2.75) is 19.9 Å². The van der Waals surface area contributed by atoms with Crippen molar-refractivity contribution in [2.75, 3.05) is 19.0 Å². The van der Waals surface area contributed by atoms with Gasteiger partial charge in [-0.1, -0.05) is 38.1 Å². The normalized spacial score (nSPS) is 12.6. The summed E-state index contributed by atoms with van der Waals surface area (Å²) >= 11 is 0. The Balaban J connectivity index is 2.46. The number of carboxylic acids is 1. The second kappa shape index (κ2) is 6.54. The van der Waals surface area contributed by atoms with E-state index in [1.54, 1.807) is 13.2 Å². The molecular formula is C16H20N2O3. The highest BCUT2D eigenvalue weighted by molar-refractivity contribution is 6.06. The van der Waals surface area contributed by atoms with Crippen LogP contribution >= 0.6 is 0 Å². The average molecular weight is 288 g/mol. The number of benzene rings is 1. The summed E-state index contributed by atoms with van der Waals surface area (Å²) in [6.07, 6.45) is 1.40. The molecule has 0 fully saturated rings. The molecular weight excluding hydrogens is 268 g/mol. The van der Waals surface area contributed by atoms with Crippen LogP contribution in [0.4, 0.5) is 5.82 Å². The van der Waals surface area contributed by atoms with Crippen molar-refractivity contribution in [1.29, 1.82) is 0 Å². The topological polar surface area (TPSA) is 71.5 Å². The molecule has 112 valence electrons. The predicted octanol–water partition coefficient (Wildman–Crippen LogP) is 3.02. The number of carboxylic acid groups (broad SMARTS) is 1. The number of rotatable bonds is 6. The molecule has 2 N–H and O–H groups in total. The van der Waals surface area contributed by atoms with Gasteiger partial charge < -0.3 is 15.2 Å². The van der Waals surface area contributed by atoms with Gasteiger partial charge in [0.25, 0.3) is 0 Å². The van der Waals surface area contributed by atoms with Crippen LogP contribution in [-0.2, 0) is 4.74 Å². The van der Waals surface area contributed by atoms with Crippen molar-refractivity contribution < 1.29 is 14.6 Å². The minimum Gasteiger partial charge on any atom is -0.478 e. The van der Waals surface area contributed by atoms with Gasteiger partial charge in [0, 0.05) is 24.1 Å². The number of fused-ring (bicyclic) bond motifs is 1. The summed E-state index contributed by atoms with van der Waals surface area (Å²) in [6.45, 7) is 4.77. The van der Waals surface area contributed by atoms with Crippen LogP contribution in [0.5, 0.6) is 0 Å². The predicted molar refractivity (Wildman–Crippen MR) is 82.8 cm³/mol. The van der Waals surface area contributed by atoms with Gasteiger partial charge in [-0.15, -0.1) is 0 Å². The minimum absolute atomic E-state index is 0.113. The SMILES string of the molecule is COCC(Nc1ncc(C(=O)O)c2ccccc12)C(C)C. The molecule has 1 heterocycles. The van der Waals surface area contributed by atoms with E-state index >= 15 is 0 Å². The summed E-state index contributed by atoms with van der Waals surface area (Å²) in [5.74, 6) is 0.0820. The molecule has 0 bridgehead atoms. The fraction of sp³-hybridized carbons (Fsp3) is 0.375. The van der Waals surface area contributed by atoms with E-state index in [4.69, 9.17) is 4.74 Å². The summed E-state index contributed by atoms with van der Waals surface area (Å²) in [5, 5.41) is 14.1. The second-order valence-electron chi connectivity index (χ2n) is 5.32. The number of ether oxygens (including phenoxy) is 1. The van der Waals surface area contributed by atoms with Gasteiger partial charge in [0.1, 0.15) is 5.82 Å². The summed E-state index contributed by atoms with van der Waals surface area (Å²) in [7, 11) is 1.66. The summed E-state index contributed by atoms with van der Waals surface area (Å²) in [4.78, 5) is 15.6. The highest BCUT2D eigenvalue weighted by atomic mass is 16.5. The van der Waals surface area contributed by atoms with Crippen LogP contribution in [0.1, 0.15) is 24.2 Å². The maximum atomic E-state index is 11.3. The molecule has 0 radical (unpaired) electrons. The van der Waals surface area contributed by atoms with Crippen LogP contribution in [0.25, 0.3) is 10.8 Å². The minimum atomic E-state index is -0.970. The fourth-order valence-electron chi connectivity index (χ4n) is 2.23. The van der Waals surface area contributed by atoms with Gasteiger partial charge in [0.2, 0.25) is 0 Å². The van der Waals surface area contributed by atoms with E-state index in [1.165, 1.54) is 6.20 Å². The Labute approximate surface area is 124 Å². The maximum absolute atomic E-state index is 11.3. The Hall–Kier alpha value is -2.14. The molecule has 1 aromatic carbocycles. The van der Waals surface area contributed by atoms with Crippen molar-refractivity contribution in [3.63, 3.8) is 0 Å². The number of aromatic nitrogens is 1. The maximum Gasteiger partial charge on any atom is 0.337 e. The number of pyridine rings is 1. The third-order valence-corrected chi connectivity index (χ3v) is 3.50. The lowest BCUT2D eigenvalue weighted by Gasteiger charge is -2.23. The van der Waals surface area contributed by atoms with Gasteiger partial charge in [0.15, 0.2) is 0 Å². The van der Waals surface area contributed by atoms with Crippen LogP contribution < -0.4 is 5.32 Å². The first-order chi connectivity index (χ1) is 10.0. The Kier molecular flexibility index (Phi) is 4.75. The lowest BCUT2D eigenvalue weighted by atomic mass is 10.0. The molecule has 1 atom stereocenters. The van der Waals surface area contributed by atoms with Crippen molar-refractivity contribution in [2.24, 2.45) is 5.92 Å². The van der Waals surface area contributed by atoms with Gasteiger partial charge in [-0.25, -0.2) is 9.78 Å². The van der Waals surface area contributed by atoms with E-state index in [-0.39, 0.29) is 11.6 Å². The van der Waals surface area contributed by atoms with Gasteiger partial charge in [-0.2, -0.15) is 0 Å². The van der Waals surface area contributed by atoms with E-state index in [0.717, 1.165) is 5.39 Å². The molecule has 0 amide bonds. The smallest absolute Gasteiger partial charge is 0.337 e. The number of aromatic carboxylic acids is 1. The summed E-state index contributed by atoms with van der Waals surface area (Å²) in [6, 6.07) is 7.49. The zero-order valence-corrected chi connectivity index (χ0v) is 12.5. The highest BCUT2D eigenvalue weighted by Crippen LogP contribution is 2.25. The molecule has 0 aliphatic carbocycles. The number of hydrogen-bond donors (Lipinski definition) is 2. The number of nitrogens with zero attached hydrogens (tertiary/aromatic N) is 1. The quantitative estimate of drug-likeness (QED) is 0.855. The lowest BCUT2D eigenvalue weighted by molar-refractivity contribution is 0.0698.